The van der Waals surface area contributed by atoms with Crippen LogP contribution in [-0.4, -0.2) is 25.2 Å². The van der Waals surface area contributed by atoms with Crippen LogP contribution in [0.4, 0.5) is 0 Å². The maximum Gasteiger partial charge on any atom is 0.0125 e. The second kappa shape index (κ2) is 4.43. The van der Waals surface area contributed by atoms with Gasteiger partial charge in [-0.1, -0.05) is 20.8 Å². The summed E-state index contributed by atoms with van der Waals surface area (Å²) in [4.78, 5) is 0. The van der Waals surface area contributed by atoms with Crippen molar-refractivity contribution in [3.63, 3.8) is 0 Å². The Kier molecular flexibility index (Phi) is 3.74. The normalized spacial score (nSPS) is 27.2. The zero-order valence-electron chi connectivity index (χ0n) is 9.48. The molecule has 0 aromatic rings. The van der Waals surface area contributed by atoms with E-state index in [9.17, 15) is 0 Å². The molecule has 0 aliphatic heterocycles. The Morgan fingerprint density at radius 3 is 2.46 bits per heavy atom. The fraction of sp³-hybridized carbons (Fsp3) is 1.00. The van der Waals surface area contributed by atoms with Gasteiger partial charge in [0.15, 0.2) is 0 Å². The number of nitrogens with one attached hydrogen (secondary N) is 2. The van der Waals surface area contributed by atoms with E-state index < -0.39 is 0 Å². The molecule has 1 fully saturated rings. The van der Waals surface area contributed by atoms with Crippen molar-refractivity contribution in [2.45, 2.75) is 52.6 Å². The molecule has 1 rings (SSSR count). The molecule has 2 N–H and O–H groups in total. The van der Waals surface area contributed by atoms with E-state index in [4.69, 9.17) is 0 Å². The van der Waals surface area contributed by atoms with Gasteiger partial charge in [-0.15, -0.1) is 0 Å². The molecular formula is C11H24N2. The van der Waals surface area contributed by atoms with E-state index in [1.54, 1.807) is 0 Å². The van der Waals surface area contributed by atoms with Crippen LogP contribution in [0.25, 0.3) is 0 Å². The summed E-state index contributed by atoms with van der Waals surface area (Å²) in [5.74, 6) is 0. The predicted molar refractivity (Wildman–Crippen MR) is 57.9 cm³/mol. The molecule has 0 aromatic heterocycles. The molecule has 78 valence electrons. The molecule has 2 nitrogen and oxygen atoms in total. The molecule has 0 bridgehead atoms. The van der Waals surface area contributed by atoms with Crippen molar-refractivity contribution in [2.24, 2.45) is 5.41 Å². The molecule has 1 saturated carbocycles. The second-order valence-electron chi connectivity index (χ2n) is 4.96. The first-order valence-electron chi connectivity index (χ1n) is 5.53. The summed E-state index contributed by atoms with van der Waals surface area (Å²) < 4.78 is 0. The maximum atomic E-state index is 3.56. The van der Waals surface area contributed by atoms with Crippen LogP contribution in [0.5, 0.6) is 0 Å². The average molecular weight is 184 g/mol. The van der Waals surface area contributed by atoms with Gasteiger partial charge in [-0.25, -0.2) is 0 Å². The number of hydrogen-bond donors (Lipinski definition) is 2. The average Bonchev–Trinajstić information content (AvgIpc) is 2.67. The molecule has 2 atom stereocenters. The zero-order chi connectivity index (χ0) is 9.90. The number of rotatable bonds is 6. The van der Waals surface area contributed by atoms with E-state index in [-0.39, 0.29) is 0 Å². The minimum atomic E-state index is 0.566. The third kappa shape index (κ3) is 3.65. The van der Waals surface area contributed by atoms with E-state index in [1.165, 1.54) is 12.8 Å². The highest BCUT2D eigenvalue weighted by Crippen LogP contribution is 2.44. The summed E-state index contributed by atoms with van der Waals surface area (Å²) in [7, 11) is 0. The molecule has 0 heterocycles. The van der Waals surface area contributed by atoms with Crippen LogP contribution < -0.4 is 10.6 Å². The topological polar surface area (TPSA) is 24.1 Å². The Bertz CT molecular complexity index is 154. The van der Waals surface area contributed by atoms with Crippen LogP contribution in [0.2, 0.25) is 0 Å². The highest BCUT2D eigenvalue weighted by atomic mass is 15.0. The number of hydrogen-bond acceptors (Lipinski definition) is 2. The van der Waals surface area contributed by atoms with Crippen molar-refractivity contribution in [1.82, 2.24) is 10.6 Å². The molecular weight excluding hydrogens is 160 g/mol. The first-order chi connectivity index (χ1) is 6.06. The highest BCUT2D eigenvalue weighted by Gasteiger charge is 2.44. The monoisotopic (exact) mass is 184 g/mol. The Morgan fingerprint density at radius 2 is 2.00 bits per heavy atom. The maximum absolute atomic E-state index is 3.56. The van der Waals surface area contributed by atoms with Gasteiger partial charge in [-0.3, -0.25) is 0 Å². The van der Waals surface area contributed by atoms with E-state index in [0.29, 0.717) is 11.5 Å². The molecule has 2 unspecified atom stereocenters. The summed E-state index contributed by atoms with van der Waals surface area (Å²) in [6.45, 7) is 11.3. The lowest BCUT2D eigenvalue weighted by atomic mass is 10.2. The van der Waals surface area contributed by atoms with E-state index in [0.717, 1.165) is 19.1 Å². The van der Waals surface area contributed by atoms with Gasteiger partial charge >= 0.3 is 0 Å². The molecule has 0 spiro atoms. The van der Waals surface area contributed by atoms with Gasteiger partial charge in [0.2, 0.25) is 0 Å². The molecule has 1 aliphatic rings. The summed E-state index contributed by atoms with van der Waals surface area (Å²) in [5, 5.41) is 7.04. The molecule has 0 saturated heterocycles. The zero-order valence-corrected chi connectivity index (χ0v) is 9.48. The third-order valence-electron chi connectivity index (χ3n) is 3.13. The molecule has 2 heteroatoms. The van der Waals surface area contributed by atoms with Crippen molar-refractivity contribution in [1.29, 1.82) is 0 Å². The van der Waals surface area contributed by atoms with Gasteiger partial charge in [0, 0.05) is 25.2 Å². The SMILES string of the molecule is CCC(C)NCCNC1CC1(C)C. The molecule has 0 aromatic carbocycles. The summed E-state index contributed by atoms with van der Waals surface area (Å²) in [6, 6.07) is 1.43. The van der Waals surface area contributed by atoms with Crippen LogP contribution in [0.1, 0.15) is 40.5 Å². The fourth-order valence-corrected chi connectivity index (χ4v) is 1.52. The molecule has 0 amide bonds. The van der Waals surface area contributed by atoms with Crippen LogP contribution in [-0.2, 0) is 0 Å². The summed E-state index contributed by atoms with van der Waals surface area (Å²) >= 11 is 0. The van der Waals surface area contributed by atoms with Crippen molar-refractivity contribution in [3.8, 4) is 0 Å². The highest BCUT2D eigenvalue weighted by molar-refractivity contribution is 5.01. The van der Waals surface area contributed by atoms with Crippen molar-refractivity contribution in [2.75, 3.05) is 13.1 Å². The minimum Gasteiger partial charge on any atom is -0.313 e. The van der Waals surface area contributed by atoms with Crippen LogP contribution in [0.15, 0.2) is 0 Å². The standard InChI is InChI=1S/C11H24N2/c1-5-9(2)12-6-7-13-10-8-11(10,3)4/h9-10,12-13H,5-8H2,1-4H3. The van der Waals surface area contributed by atoms with Gasteiger partial charge < -0.3 is 10.6 Å². The molecule has 13 heavy (non-hydrogen) atoms. The van der Waals surface area contributed by atoms with E-state index >= 15 is 0 Å². The van der Waals surface area contributed by atoms with Crippen molar-refractivity contribution in [3.05, 3.63) is 0 Å². The lowest BCUT2D eigenvalue weighted by Crippen LogP contribution is -2.34. The molecule has 1 aliphatic carbocycles. The Balaban J connectivity index is 1.91. The van der Waals surface area contributed by atoms with Crippen molar-refractivity contribution < 1.29 is 0 Å². The van der Waals surface area contributed by atoms with Crippen LogP contribution >= 0.6 is 0 Å². The van der Waals surface area contributed by atoms with Gasteiger partial charge in [0.1, 0.15) is 0 Å². The third-order valence-corrected chi connectivity index (χ3v) is 3.13. The smallest absolute Gasteiger partial charge is 0.0125 e. The minimum absolute atomic E-state index is 0.566. The van der Waals surface area contributed by atoms with Gasteiger partial charge in [0.25, 0.3) is 0 Å². The predicted octanol–water partition coefficient (Wildman–Crippen LogP) is 1.76. The Labute approximate surface area is 82.5 Å². The van der Waals surface area contributed by atoms with Crippen molar-refractivity contribution >= 4 is 0 Å². The summed E-state index contributed by atoms with van der Waals surface area (Å²) in [6.07, 6.45) is 2.56. The largest absolute Gasteiger partial charge is 0.313 e. The quantitative estimate of drug-likeness (QED) is 0.615. The Hall–Kier alpha value is -0.0800. The lowest BCUT2D eigenvalue weighted by molar-refractivity contribution is 0.493. The first-order valence-corrected chi connectivity index (χ1v) is 5.53. The summed E-state index contributed by atoms with van der Waals surface area (Å²) in [5.41, 5.74) is 0.566. The van der Waals surface area contributed by atoms with Gasteiger partial charge in [0.05, 0.1) is 0 Å². The van der Waals surface area contributed by atoms with E-state index in [2.05, 4.69) is 38.3 Å². The van der Waals surface area contributed by atoms with Crippen LogP contribution in [0.3, 0.4) is 0 Å². The van der Waals surface area contributed by atoms with Gasteiger partial charge in [-0.05, 0) is 25.2 Å². The molecule has 0 radical (unpaired) electrons. The van der Waals surface area contributed by atoms with Gasteiger partial charge in [-0.2, -0.15) is 0 Å². The van der Waals surface area contributed by atoms with Crippen LogP contribution in [0, 0.1) is 5.41 Å². The second-order valence-corrected chi connectivity index (χ2v) is 4.96. The van der Waals surface area contributed by atoms with E-state index in [1.807, 2.05) is 0 Å². The lowest BCUT2D eigenvalue weighted by Gasteiger charge is -2.12. The first kappa shape index (κ1) is 11.0. The fourth-order valence-electron chi connectivity index (χ4n) is 1.52. The Morgan fingerprint density at radius 1 is 1.38 bits per heavy atom.